The highest BCUT2D eigenvalue weighted by molar-refractivity contribution is 5.74. The lowest BCUT2D eigenvalue weighted by Gasteiger charge is -1.99. The summed E-state index contributed by atoms with van der Waals surface area (Å²) in [4.78, 5) is 14.7. The van der Waals surface area contributed by atoms with Crippen molar-refractivity contribution in [2.24, 2.45) is 0 Å². The van der Waals surface area contributed by atoms with Gasteiger partial charge in [-0.15, -0.1) is 0 Å². The number of carbonyl (C=O) groups is 1. The first-order valence-electron chi connectivity index (χ1n) is 4.31. The number of fused-ring (bicyclic) bond motifs is 1. The number of hydrogen-bond donors (Lipinski definition) is 1. The summed E-state index contributed by atoms with van der Waals surface area (Å²) in [6, 6.07) is 3.86. The number of imidazole rings is 1. The molecule has 0 saturated heterocycles. The second-order valence-electron chi connectivity index (χ2n) is 3.21. The van der Waals surface area contributed by atoms with Crippen LogP contribution in [-0.4, -0.2) is 20.5 Å². The van der Waals surface area contributed by atoms with Crippen LogP contribution in [0.4, 0.5) is 0 Å². The average Bonchev–Trinajstić information content (AvgIpc) is 2.49. The first-order valence-corrected chi connectivity index (χ1v) is 4.31. The molecule has 2 aromatic heterocycles. The molecule has 1 N–H and O–H groups in total. The summed E-state index contributed by atoms with van der Waals surface area (Å²) in [5.74, 6) is -0.853. The third kappa shape index (κ3) is 1.35. The number of pyridine rings is 1. The maximum Gasteiger partial charge on any atom is 0.309 e. The molecule has 4 heteroatoms. The second-order valence-corrected chi connectivity index (χ2v) is 3.21. The molecule has 0 spiro atoms. The minimum atomic E-state index is -0.853. The predicted octanol–water partition coefficient (Wildman–Crippen LogP) is 1.27. The molecule has 0 saturated carbocycles. The van der Waals surface area contributed by atoms with Crippen molar-refractivity contribution in [3.63, 3.8) is 0 Å². The van der Waals surface area contributed by atoms with Crippen LogP contribution in [0.5, 0.6) is 0 Å². The molecule has 0 unspecified atom stereocenters. The van der Waals surface area contributed by atoms with Gasteiger partial charge in [0.05, 0.1) is 24.0 Å². The zero-order valence-electron chi connectivity index (χ0n) is 7.77. The Labute approximate surface area is 80.8 Å². The lowest BCUT2D eigenvalue weighted by atomic mass is 10.2. The summed E-state index contributed by atoms with van der Waals surface area (Å²) in [5, 5.41) is 8.69. The number of nitrogens with zero attached hydrogens (tertiary/aromatic N) is 2. The van der Waals surface area contributed by atoms with Crippen molar-refractivity contribution in [1.82, 2.24) is 9.38 Å². The summed E-state index contributed by atoms with van der Waals surface area (Å²) in [7, 11) is 0. The van der Waals surface area contributed by atoms with Gasteiger partial charge in [0.2, 0.25) is 0 Å². The Hall–Kier alpha value is -1.84. The summed E-state index contributed by atoms with van der Waals surface area (Å²) < 4.78 is 1.84. The van der Waals surface area contributed by atoms with Gasteiger partial charge in [0.25, 0.3) is 0 Å². The minimum Gasteiger partial charge on any atom is -0.481 e. The van der Waals surface area contributed by atoms with E-state index in [9.17, 15) is 4.79 Å². The van der Waals surface area contributed by atoms with Gasteiger partial charge in [-0.25, -0.2) is 4.98 Å². The smallest absolute Gasteiger partial charge is 0.309 e. The van der Waals surface area contributed by atoms with Crippen molar-refractivity contribution >= 4 is 11.5 Å². The molecule has 14 heavy (non-hydrogen) atoms. The molecule has 0 amide bonds. The molecular formula is C10H10N2O2. The Kier molecular flexibility index (Phi) is 1.96. The van der Waals surface area contributed by atoms with Crippen LogP contribution in [0.2, 0.25) is 0 Å². The third-order valence-corrected chi connectivity index (χ3v) is 2.15. The first-order chi connectivity index (χ1) is 6.68. The quantitative estimate of drug-likeness (QED) is 0.775. The third-order valence-electron chi connectivity index (χ3n) is 2.15. The van der Waals surface area contributed by atoms with Crippen molar-refractivity contribution < 1.29 is 9.90 Å². The molecule has 4 nitrogen and oxygen atoms in total. The van der Waals surface area contributed by atoms with E-state index in [1.807, 2.05) is 29.7 Å². The number of aryl methyl sites for hydroxylation is 1. The van der Waals surface area contributed by atoms with Crippen molar-refractivity contribution in [2.75, 3.05) is 0 Å². The van der Waals surface area contributed by atoms with Crippen LogP contribution < -0.4 is 0 Å². The van der Waals surface area contributed by atoms with E-state index < -0.39 is 5.97 Å². The highest BCUT2D eigenvalue weighted by Crippen LogP contribution is 2.14. The molecule has 0 fully saturated rings. The topological polar surface area (TPSA) is 54.6 Å². The molecular weight excluding hydrogens is 180 g/mol. The summed E-state index contributed by atoms with van der Waals surface area (Å²) in [5.41, 5.74) is 2.56. The summed E-state index contributed by atoms with van der Waals surface area (Å²) in [6.45, 7) is 1.95. The first kappa shape index (κ1) is 8.74. The van der Waals surface area contributed by atoms with E-state index in [0.29, 0.717) is 5.69 Å². The summed E-state index contributed by atoms with van der Waals surface area (Å²) in [6.07, 6.45) is 3.47. The normalized spacial score (nSPS) is 10.6. The average molecular weight is 190 g/mol. The van der Waals surface area contributed by atoms with Gasteiger partial charge < -0.3 is 9.51 Å². The van der Waals surface area contributed by atoms with Crippen LogP contribution >= 0.6 is 0 Å². The van der Waals surface area contributed by atoms with Gasteiger partial charge in [0.1, 0.15) is 0 Å². The SMILES string of the molecule is Cc1cccn2cnc(CC(=O)O)c12. The van der Waals surface area contributed by atoms with Gasteiger partial charge in [-0.3, -0.25) is 4.79 Å². The van der Waals surface area contributed by atoms with Crippen molar-refractivity contribution in [2.45, 2.75) is 13.3 Å². The van der Waals surface area contributed by atoms with Gasteiger partial charge in [0.15, 0.2) is 0 Å². The highest BCUT2D eigenvalue weighted by atomic mass is 16.4. The Bertz CT molecular complexity index is 488. The minimum absolute atomic E-state index is 0.0264. The van der Waals surface area contributed by atoms with Crippen LogP contribution in [0.15, 0.2) is 24.7 Å². The molecule has 2 aromatic rings. The van der Waals surface area contributed by atoms with E-state index in [4.69, 9.17) is 5.11 Å². The van der Waals surface area contributed by atoms with E-state index in [0.717, 1.165) is 11.1 Å². The standard InChI is InChI=1S/C10H10N2O2/c1-7-3-2-4-12-6-11-8(10(7)12)5-9(13)14/h2-4,6H,5H2,1H3,(H,13,14). The lowest BCUT2D eigenvalue weighted by molar-refractivity contribution is -0.136. The number of hydrogen-bond acceptors (Lipinski definition) is 2. The highest BCUT2D eigenvalue weighted by Gasteiger charge is 2.09. The fraction of sp³-hybridized carbons (Fsp3) is 0.200. The molecule has 0 bridgehead atoms. The van der Waals surface area contributed by atoms with Gasteiger partial charge in [-0.05, 0) is 18.6 Å². The van der Waals surface area contributed by atoms with Crippen LogP contribution in [0.3, 0.4) is 0 Å². The number of carboxylic acid groups (broad SMARTS) is 1. The van der Waals surface area contributed by atoms with Gasteiger partial charge in [0, 0.05) is 6.20 Å². The van der Waals surface area contributed by atoms with Crippen molar-refractivity contribution in [3.05, 3.63) is 35.9 Å². The van der Waals surface area contributed by atoms with Crippen LogP contribution in [0.25, 0.3) is 5.52 Å². The van der Waals surface area contributed by atoms with E-state index in [1.165, 1.54) is 0 Å². The zero-order valence-corrected chi connectivity index (χ0v) is 7.77. The van der Waals surface area contributed by atoms with Gasteiger partial charge in [-0.1, -0.05) is 6.07 Å². The molecule has 2 rings (SSSR count). The molecule has 0 atom stereocenters. The largest absolute Gasteiger partial charge is 0.481 e. The maximum atomic E-state index is 10.6. The fourth-order valence-corrected chi connectivity index (χ4v) is 1.58. The maximum absolute atomic E-state index is 10.6. The number of aromatic nitrogens is 2. The molecule has 0 aliphatic rings. The zero-order chi connectivity index (χ0) is 10.1. The Morgan fingerprint density at radius 2 is 2.43 bits per heavy atom. The van der Waals surface area contributed by atoms with Crippen LogP contribution in [-0.2, 0) is 11.2 Å². The van der Waals surface area contributed by atoms with Crippen LogP contribution in [0.1, 0.15) is 11.3 Å². The van der Waals surface area contributed by atoms with E-state index >= 15 is 0 Å². The number of rotatable bonds is 2. The Morgan fingerprint density at radius 3 is 3.14 bits per heavy atom. The Morgan fingerprint density at radius 1 is 1.64 bits per heavy atom. The lowest BCUT2D eigenvalue weighted by Crippen LogP contribution is -2.01. The van der Waals surface area contributed by atoms with Gasteiger partial charge in [-0.2, -0.15) is 0 Å². The molecule has 2 heterocycles. The van der Waals surface area contributed by atoms with Crippen molar-refractivity contribution in [1.29, 1.82) is 0 Å². The molecule has 0 aromatic carbocycles. The van der Waals surface area contributed by atoms with E-state index in [2.05, 4.69) is 4.98 Å². The van der Waals surface area contributed by atoms with Gasteiger partial charge >= 0.3 is 5.97 Å². The van der Waals surface area contributed by atoms with E-state index in [1.54, 1.807) is 6.33 Å². The fourth-order valence-electron chi connectivity index (χ4n) is 1.58. The summed E-state index contributed by atoms with van der Waals surface area (Å²) >= 11 is 0. The molecule has 72 valence electrons. The number of carboxylic acids is 1. The molecule has 0 aliphatic heterocycles. The van der Waals surface area contributed by atoms with Crippen molar-refractivity contribution in [3.8, 4) is 0 Å². The van der Waals surface area contributed by atoms with E-state index in [-0.39, 0.29) is 6.42 Å². The monoisotopic (exact) mass is 190 g/mol. The molecule has 0 radical (unpaired) electrons. The van der Waals surface area contributed by atoms with Crippen LogP contribution in [0, 0.1) is 6.92 Å². The number of aliphatic carboxylic acids is 1. The Balaban J connectivity index is 2.61. The predicted molar refractivity (Wildman–Crippen MR) is 51.3 cm³/mol. The second kappa shape index (κ2) is 3.14. The molecule has 0 aliphatic carbocycles.